The number of thiazole rings is 1. The molecule has 0 radical (unpaired) electrons. The third-order valence-electron chi connectivity index (χ3n) is 4.92. The van der Waals surface area contributed by atoms with E-state index in [-0.39, 0.29) is 5.91 Å². The zero-order valence-electron chi connectivity index (χ0n) is 14.1. The van der Waals surface area contributed by atoms with E-state index in [1.807, 2.05) is 4.90 Å². The summed E-state index contributed by atoms with van der Waals surface area (Å²) in [5.41, 5.74) is 1.13. The second-order valence-electron chi connectivity index (χ2n) is 6.58. The van der Waals surface area contributed by atoms with Crippen LogP contribution in [0.25, 0.3) is 0 Å². The maximum Gasteiger partial charge on any atom is 0.219 e. The summed E-state index contributed by atoms with van der Waals surface area (Å²) in [5.74, 6) is 0.182. The van der Waals surface area contributed by atoms with E-state index in [2.05, 4.69) is 27.5 Å². The highest BCUT2D eigenvalue weighted by atomic mass is 32.1. The van der Waals surface area contributed by atoms with Crippen LogP contribution in [0.5, 0.6) is 0 Å². The molecule has 2 saturated heterocycles. The highest BCUT2D eigenvalue weighted by Crippen LogP contribution is 2.20. The van der Waals surface area contributed by atoms with E-state index in [4.69, 9.17) is 4.98 Å². The van der Waals surface area contributed by atoms with Gasteiger partial charge in [-0.15, -0.1) is 11.3 Å². The van der Waals surface area contributed by atoms with Crippen molar-refractivity contribution in [1.29, 1.82) is 0 Å². The molecule has 0 spiro atoms. The number of hydrogen-bond donors (Lipinski definition) is 1. The molecule has 23 heavy (non-hydrogen) atoms. The predicted molar refractivity (Wildman–Crippen MR) is 93.8 cm³/mol. The molecule has 2 aliphatic heterocycles. The van der Waals surface area contributed by atoms with Crippen LogP contribution in [0.3, 0.4) is 0 Å². The number of piperazine rings is 1. The first-order valence-electron chi connectivity index (χ1n) is 8.48. The summed E-state index contributed by atoms with van der Waals surface area (Å²) in [6, 6.07) is 0.641. The summed E-state index contributed by atoms with van der Waals surface area (Å²) in [4.78, 5) is 22.8. The Morgan fingerprint density at radius 2 is 2.13 bits per heavy atom. The van der Waals surface area contributed by atoms with Gasteiger partial charge in [0.15, 0.2) is 5.13 Å². The normalized spacial score (nSPS) is 23.4. The Balaban J connectivity index is 1.43. The van der Waals surface area contributed by atoms with Crippen molar-refractivity contribution in [3.63, 3.8) is 0 Å². The van der Waals surface area contributed by atoms with Crippen LogP contribution in [0.1, 0.15) is 25.5 Å². The third kappa shape index (κ3) is 4.43. The number of aromatic nitrogens is 1. The van der Waals surface area contributed by atoms with Crippen molar-refractivity contribution in [2.24, 2.45) is 0 Å². The first kappa shape index (κ1) is 16.7. The molecule has 1 N–H and O–H groups in total. The van der Waals surface area contributed by atoms with Gasteiger partial charge in [0.05, 0.1) is 5.69 Å². The number of likely N-dealkylation sites (tertiary alicyclic amines) is 1. The average molecular weight is 337 g/mol. The standard InChI is InChI=1S/C16H27N5OS/c1-13(22)21-8-6-20(7-9-21)11-14-12-23-16(18-14)17-10-15-4-3-5-19(15)2/h12,15H,3-11H2,1-2H3,(H,17,18). The van der Waals surface area contributed by atoms with Gasteiger partial charge in [0.1, 0.15) is 0 Å². The number of amides is 1. The number of nitrogens with one attached hydrogen (secondary N) is 1. The number of likely N-dealkylation sites (N-methyl/N-ethyl adjacent to an activating group) is 1. The lowest BCUT2D eigenvalue weighted by Crippen LogP contribution is -2.47. The number of anilines is 1. The van der Waals surface area contributed by atoms with Crippen LogP contribution in [0.4, 0.5) is 5.13 Å². The Morgan fingerprint density at radius 3 is 2.78 bits per heavy atom. The minimum absolute atomic E-state index is 0.182. The fourth-order valence-electron chi connectivity index (χ4n) is 3.35. The SMILES string of the molecule is CC(=O)N1CCN(Cc2csc(NCC3CCCN3C)n2)CC1. The summed E-state index contributed by atoms with van der Waals surface area (Å²) < 4.78 is 0. The van der Waals surface area contributed by atoms with Gasteiger partial charge in [-0.05, 0) is 26.4 Å². The molecule has 7 heteroatoms. The molecule has 3 heterocycles. The molecule has 0 aromatic carbocycles. The zero-order valence-corrected chi connectivity index (χ0v) is 14.9. The Labute approximate surface area is 142 Å². The maximum atomic E-state index is 11.4. The number of carbonyl (C=O) groups is 1. The molecular weight excluding hydrogens is 310 g/mol. The van der Waals surface area contributed by atoms with E-state index in [9.17, 15) is 4.79 Å². The molecule has 0 saturated carbocycles. The van der Waals surface area contributed by atoms with Crippen LogP contribution in [0, 0.1) is 0 Å². The average Bonchev–Trinajstić information content (AvgIpc) is 3.15. The molecule has 3 rings (SSSR count). The summed E-state index contributed by atoms with van der Waals surface area (Å²) in [6.45, 7) is 8.27. The Kier molecular flexibility index (Phi) is 5.50. The van der Waals surface area contributed by atoms with Gasteiger partial charge >= 0.3 is 0 Å². The second kappa shape index (κ2) is 7.59. The van der Waals surface area contributed by atoms with Crippen LogP contribution < -0.4 is 5.32 Å². The molecular formula is C16H27N5OS. The lowest BCUT2D eigenvalue weighted by molar-refractivity contribution is -0.130. The van der Waals surface area contributed by atoms with Crippen molar-refractivity contribution in [2.45, 2.75) is 32.4 Å². The first-order chi connectivity index (χ1) is 11.1. The van der Waals surface area contributed by atoms with Gasteiger partial charge in [-0.25, -0.2) is 4.98 Å². The fraction of sp³-hybridized carbons (Fsp3) is 0.750. The van der Waals surface area contributed by atoms with Crippen molar-refractivity contribution >= 4 is 22.4 Å². The quantitative estimate of drug-likeness (QED) is 0.878. The minimum atomic E-state index is 0.182. The maximum absolute atomic E-state index is 11.4. The molecule has 0 bridgehead atoms. The molecule has 1 atom stereocenters. The monoisotopic (exact) mass is 337 g/mol. The molecule has 1 unspecified atom stereocenters. The summed E-state index contributed by atoms with van der Waals surface area (Å²) in [6.07, 6.45) is 2.58. The van der Waals surface area contributed by atoms with Crippen LogP contribution in [-0.2, 0) is 11.3 Å². The van der Waals surface area contributed by atoms with Crippen LogP contribution in [-0.4, -0.2) is 77.9 Å². The van der Waals surface area contributed by atoms with Gasteiger partial charge in [-0.2, -0.15) is 0 Å². The van der Waals surface area contributed by atoms with Gasteiger partial charge in [0.25, 0.3) is 0 Å². The van der Waals surface area contributed by atoms with Crippen LogP contribution >= 0.6 is 11.3 Å². The largest absolute Gasteiger partial charge is 0.360 e. The summed E-state index contributed by atoms with van der Waals surface area (Å²) in [5, 5.41) is 6.67. The topological polar surface area (TPSA) is 51.7 Å². The summed E-state index contributed by atoms with van der Waals surface area (Å²) in [7, 11) is 2.20. The Bertz CT molecular complexity index is 526. The molecule has 6 nitrogen and oxygen atoms in total. The van der Waals surface area contributed by atoms with Crippen molar-refractivity contribution in [1.82, 2.24) is 19.7 Å². The number of rotatable bonds is 5. The van der Waals surface area contributed by atoms with Gasteiger partial charge in [0.2, 0.25) is 5.91 Å². The van der Waals surface area contributed by atoms with Crippen molar-refractivity contribution in [2.75, 3.05) is 51.6 Å². The van der Waals surface area contributed by atoms with Crippen molar-refractivity contribution < 1.29 is 4.79 Å². The lowest BCUT2D eigenvalue weighted by atomic mass is 10.2. The molecule has 128 valence electrons. The highest BCUT2D eigenvalue weighted by Gasteiger charge is 2.21. The number of carbonyl (C=O) groups excluding carboxylic acids is 1. The van der Waals surface area contributed by atoms with Crippen molar-refractivity contribution in [3.8, 4) is 0 Å². The lowest BCUT2D eigenvalue weighted by Gasteiger charge is -2.33. The predicted octanol–water partition coefficient (Wildman–Crippen LogP) is 1.31. The molecule has 0 aliphatic carbocycles. The van der Waals surface area contributed by atoms with E-state index in [0.717, 1.165) is 50.1 Å². The van der Waals surface area contributed by atoms with E-state index < -0.39 is 0 Å². The van der Waals surface area contributed by atoms with Gasteiger partial charge < -0.3 is 15.1 Å². The Hall–Kier alpha value is -1.18. The second-order valence-corrected chi connectivity index (χ2v) is 7.44. The van der Waals surface area contributed by atoms with Gasteiger partial charge in [-0.1, -0.05) is 0 Å². The molecule has 1 aromatic rings. The van der Waals surface area contributed by atoms with E-state index in [0.29, 0.717) is 6.04 Å². The summed E-state index contributed by atoms with van der Waals surface area (Å²) >= 11 is 1.70. The number of hydrogen-bond acceptors (Lipinski definition) is 6. The molecule has 1 aromatic heterocycles. The van der Waals surface area contributed by atoms with E-state index >= 15 is 0 Å². The molecule has 2 fully saturated rings. The van der Waals surface area contributed by atoms with Gasteiger partial charge in [0, 0.05) is 57.6 Å². The highest BCUT2D eigenvalue weighted by molar-refractivity contribution is 7.13. The van der Waals surface area contributed by atoms with E-state index in [1.54, 1.807) is 18.3 Å². The first-order valence-corrected chi connectivity index (χ1v) is 9.36. The fourth-order valence-corrected chi connectivity index (χ4v) is 4.06. The Morgan fingerprint density at radius 1 is 1.35 bits per heavy atom. The minimum Gasteiger partial charge on any atom is -0.360 e. The van der Waals surface area contributed by atoms with Crippen LogP contribution in [0.15, 0.2) is 5.38 Å². The smallest absolute Gasteiger partial charge is 0.219 e. The zero-order chi connectivity index (χ0) is 16.2. The molecule has 1 amide bonds. The van der Waals surface area contributed by atoms with Crippen LogP contribution in [0.2, 0.25) is 0 Å². The van der Waals surface area contributed by atoms with Gasteiger partial charge in [-0.3, -0.25) is 9.69 Å². The molecule has 2 aliphatic rings. The van der Waals surface area contributed by atoms with E-state index in [1.165, 1.54) is 19.4 Å². The third-order valence-corrected chi connectivity index (χ3v) is 5.76. The van der Waals surface area contributed by atoms with Crippen molar-refractivity contribution in [3.05, 3.63) is 11.1 Å². The number of nitrogens with zero attached hydrogens (tertiary/aromatic N) is 4.